The molecule has 0 unspecified atom stereocenters. The van der Waals surface area contributed by atoms with Crippen LogP contribution in [0.4, 0.5) is 5.69 Å². The van der Waals surface area contributed by atoms with Crippen molar-refractivity contribution in [2.45, 2.75) is 57.9 Å². The van der Waals surface area contributed by atoms with E-state index in [1.165, 1.54) is 32.1 Å². The predicted octanol–water partition coefficient (Wildman–Crippen LogP) is 3.22. The molecule has 1 aliphatic heterocycles. The predicted molar refractivity (Wildman–Crippen MR) is 85.6 cm³/mol. The molecule has 0 aromatic carbocycles. The normalized spacial score (nSPS) is 20.9. The van der Waals surface area contributed by atoms with Crippen LogP contribution >= 0.6 is 0 Å². The molecule has 1 aromatic rings. The van der Waals surface area contributed by atoms with Crippen molar-refractivity contribution in [3.8, 4) is 0 Å². The summed E-state index contributed by atoms with van der Waals surface area (Å²) in [7, 11) is 0. The van der Waals surface area contributed by atoms with E-state index < -0.39 is 0 Å². The third kappa shape index (κ3) is 4.57. The Hall–Kier alpha value is -1.36. The topological polar surface area (TPSA) is 56.2 Å². The molecule has 0 atom stereocenters. The Morgan fingerprint density at radius 1 is 1.18 bits per heavy atom. The number of nitrogens with one attached hydrogen (secondary N) is 1. The van der Waals surface area contributed by atoms with E-state index in [0.29, 0.717) is 18.3 Å². The van der Waals surface area contributed by atoms with E-state index in [9.17, 15) is 4.79 Å². The van der Waals surface area contributed by atoms with Gasteiger partial charge in [-0.3, -0.25) is 9.48 Å². The fourth-order valence-electron chi connectivity index (χ4n) is 3.59. The van der Waals surface area contributed by atoms with Crippen LogP contribution in [0.2, 0.25) is 0 Å². The van der Waals surface area contributed by atoms with Gasteiger partial charge in [0.15, 0.2) is 0 Å². The van der Waals surface area contributed by atoms with Gasteiger partial charge < -0.3 is 10.1 Å². The number of amides is 1. The second-order valence-electron chi connectivity index (χ2n) is 6.76. The van der Waals surface area contributed by atoms with Gasteiger partial charge in [-0.2, -0.15) is 5.10 Å². The lowest BCUT2D eigenvalue weighted by molar-refractivity contribution is -0.117. The highest BCUT2D eigenvalue weighted by molar-refractivity contribution is 5.90. The zero-order valence-corrected chi connectivity index (χ0v) is 13.3. The SMILES string of the molecule is O=C(CC1CCCCC1)Nc1cnn(CC2CCOCC2)c1. The van der Waals surface area contributed by atoms with Gasteiger partial charge in [0.05, 0.1) is 11.9 Å². The molecule has 1 saturated heterocycles. The number of ether oxygens (including phenoxy) is 1. The van der Waals surface area contributed by atoms with Crippen LogP contribution in [0, 0.1) is 11.8 Å². The smallest absolute Gasteiger partial charge is 0.224 e. The van der Waals surface area contributed by atoms with E-state index in [4.69, 9.17) is 4.74 Å². The number of aromatic nitrogens is 2. The second-order valence-corrected chi connectivity index (χ2v) is 6.76. The summed E-state index contributed by atoms with van der Waals surface area (Å²) in [6.07, 6.45) is 12.9. The van der Waals surface area contributed by atoms with Gasteiger partial charge in [-0.1, -0.05) is 19.3 Å². The van der Waals surface area contributed by atoms with Crippen LogP contribution in [0.15, 0.2) is 12.4 Å². The van der Waals surface area contributed by atoms with E-state index in [1.807, 2.05) is 10.9 Å². The number of rotatable bonds is 5. The van der Waals surface area contributed by atoms with Crippen molar-refractivity contribution >= 4 is 11.6 Å². The zero-order valence-electron chi connectivity index (χ0n) is 13.3. The molecule has 3 rings (SSSR count). The van der Waals surface area contributed by atoms with Gasteiger partial charge in [0, 0.05) is 32.4 Å². The van der Waals surface area contributed by atoms with Crippen molar-refractivity contribution < 1.29 is 9.53 Å². The Morgan fingerprint density at radius 3 is 2.73 bits per heavy atom. The van der Waals surface area contributed by atoms with Gasteiger partial charge in [-0.25, -0.2) is 0 Å². The molecule has 122 valence electrons. The molecule has 1 amide bonds. The van der Waals surface area contributed by atoms with Crippen molar-refractivity contribution in [1.29, 1.82) is 0 Å². The third-order valence-corrected chi connectivity index (χ3v) is 4.90. The molecule has 2 fully saturated rings. The van der Waals surface area contributed by atoms with Gasteiger partial charge in [-0.15, -0.1) is 0 Å². The Kier molecular flexibility index (Phi) is 5.48. The first kappa shape index (κ1) is 15.5. The molecule has 0 radical (unpaired) electrons. The van der Waals surface area contributed by atoms with Crippen LogP contribution < -0.4 is 5.32 Å². The van der Waals surface area contributed by atoms with E-state index in [0.717, 1.165) is 38.3 Å². The molecular formula is C17H27N3O2. The van der Waals surface area contributed by atoms with Crippen molar-refractivity contribution in [1.82, 2.24) is 9.78 Å². The van der Waals surface area contributed by atoms with E-state index in [1.54, 1.807) is 6.20 Å². The summed E-state index contributed by atoms with van der Waals surface area (Å²) < 4.78 is 7.33. The number of hydrogen-bond acceptors (Lipinski definition) is 3. The minimum Gasteiger partial charge on any atom is -0.381 e. The van der Waals surface area contributed by atoms with Crippen molar-refractivity contribution in [3.05, 3.63) is 12.4 Å². The first-order valence-corrected chi connectivity index (χ1v) is 8.69. The summed E-state index contributed by atoms with van der Waals surface area (Å²) in [5.74, 6) is 1.35. The number of carbonyl (C=O) groups excluding carboxylic acids is 1. The summed E-state index contributed by atoms with van der Waals surface area (Å²) in [5, 5.41) is 7.37. The first-order valence-electron chi connectivity index (χ1n) is 8.69. The molecule has 0 spiro atoms. The maximum atomic E-state index is 12.1. The van der Waals surface area contributed by atoms with Crippen LogP contribution in [0.5, 0.6) is 0 Å². The number of hydrogen-bond donors (Lipinski definition) is 1. The molecule has 1 N–H and O–H groups in total. The van der Waals surface area contributed by atoms with Crippen LogP contribution in [0.1, 0.15) is 51.4 Å². The molecule has 2 heterocycles. The number of carbonyl (C=O) groups is 1. The zero-order chi connectivity index (χ0) is 15.2. The summed E-state index contributed by atoms with van der Waals surface area (Å²) in [5.41, 5.74) is 0.827. The van der Waals surface area contributed by atoms with E-state index in [2.05, 4.69) is 10.4 Å². The number of anilines is 1. The van der Waals surface area contributed by atoms with Crippen molar-refractivity contribution in [2.75, 3.05) is 18.5 Å². The maximum Gasteiger partial charge on any atom is 0.224 e. The average molecular weight is 305 g/mol. The monoisotopic (exact) mass is 305 g/mol. The standard InChI is InChI=1S/C17H27N3O2/c21-17(10-14-4-2-1-3-5-14)19-16-11-18-20(13-16)12-15-6-8-22-9-7-15/h11,13-15H,1-10,12H2,(H,19,21). The van der Waals surface area contributed by atoms with Gasteiger partial charge in [0.1, 0.15) is 0 Å². The van der Waals surface area contributed by atoms with E-state index in [-0.39, 0.29) is 5.91 Å². The average Bonchev–Trinajstić information content (AvgIpc) is 2.96. The highest BCUT2D eigenvalue weighted by Gasteiger charge is 2.18. The molecule has 1 aromatic heterocycles. The summed E-state index contributed by atoms with van der Waals surface area (Å²) in [6, 6.07) is 0. The maximum absolute atomic E-state index is 12.1. The highest BCUT2D eigenvalue weighted by Crippen LogP contribution is 2.26. The Morgan fingerprint density at radius 2 is 1.95 bits per heavy atom. The quantitative estimate of drug-likeness (QED) is 0.908. The minimum absolute atomic E-state index is 0.137. The highest BCUT2D eigenvalue weighted by atomic mass is 16.5. The Bertz CT molecular complexity index is 474. The van der Waals surface area contributed by atoms with E-state index >= 15 is 0 Å². The second kappa shape index (κ2) is 7.77. The minimum atomic E-state index is 0.137. The summed E-state index contributed by atoms with van der Waals surface area (Å²) in [6.45, 7) is 2.63. The van der Waals surface area contributed by atoms with Gasteiger partial charge >= 0.3 is 0 Å². The molecule has 5 heteroatoms. The Balaban J connectivity index is 1.45. The van der Waals surface area contributed by atoms with Crippen LogP contribution in [-0.2, 0) is 16.1 Å². The molecule has 22 heavy (non-hydrogen) atoms. The van der Waals surface area contributed by atoms with Gasteiger partial charge in [-0.05, 0) is 37.5 Å². The fourth-order valence-corrected chi connectivity index (χ4v) is 3.59. The Labute approximate surface area is 132 Å². The van der Waals surface area contributed by atoms with Crippen molar-refractivity contribution in [3.63, 3.8) is 0 Å². The third-order valence-electron chi connectivity index (χ3n) is 4.90. The van der Waals surface area contributed by atoms with Crippen LogP contribution in [0.25, 0.3) is 0 Å². The van der Waals surface area contributed by atoms with Crippen LogP contribution in [0.3, 0.4) is 0 Å². The fraction of sp³-hybridized carbons (Fsp3) is 0.765. The lowest BCUT2D eigenvalue weighted by Crippen LogP contribution is -2.20. The molecule has 5 nitrogen and oxygen atoms in total. The first-order chi connectivity index (χ1) is 10.8. The molecule has 0 bridgehead atoms. The number of nitrogens with zero attached hydrogens (tertiary/aromatic N) is 2. The lowest BCUT2D eigenvalue weighted by atomic mass is 9.87. The molecule has 1 saturated carbocycles. The molecule has 2 aliphatic rings. The summed E-state index contributed by atoms with van der Waals surface area (Å²) >= 11 is 0. The van der Waals surface area contributed by atoms with Gasteiger partial charge in [0.2, 0.25) is 5.91 Å². The molecule has 1 aliphatic carbocycles. The lowest BCUT2D eigenvalue weighted by Gasteiger charge is -2.21. The van der Waals surface area contributed by atoms with Crippen molar-refractivity contribution in [2.24, 2.45) is 11.8 Å². The summed E-state index contributed by atoms with van der Waals surface area (Å²) in [4.78, 5) is 12.1. The molecular weight excluding hydrogens is 278 g/mol. The largest absolute Gasteiger partial charge is 0.381 e. The van der Waals surface area contributed by atoms with Gasteiger partial charge in [0.25, 0.3) is 0 Å². The van der Waals surface area contributed by atoms with Crippen LogP contribution in [-0.4, -0.2) is 28.9 Å².